The van der Waals surface area contributed by atoms with Crippen molar-refractivity contribution in [2.45, 2.75) is 31.2 Å². The number of aromatic nitrogens is 1. The first kappa shape index (κ1) is 9.66. The normalized spacial score (nSPS) is 27.1. The lowest BCUT2D eigenvalue weighted by Crippen LogP contribution is -2.43. The van der Waals surface area contributed by atoms with Crippen molar-refractivity contribution in [2.24, 2.45) is 0 Å². The number of halogens is 1. The van der Waals surface area contributed by atoms with Gasteiger partial charge in [-0.05, 0) is 37.4 Å². The van der Waals surface area contributed by atoms with Gasteiger partial charge in [-0.3, -0.25) is 0 Å². The van der Waals surface area contributed by atoms with E-state index in [0.29, 0.717) is 12.0 Å². The van der Waals surface area contributed by atoms with Gasteiger partial charge in [0.2, 0.25) is 0 Å². The maximum Gasteiger partial charge on any atom is 0.195 e. The zero-order valence-corrected chi connectivity index (χ0v) is 9.59. The number of rotatable bonds is 0. The third-order valence-electron chi connectivity index (χ3n) is 4.32. The lowest BCUT2D eigenvalue weighted by Gasteiger charge is -2.36. The summed E-state index contributed by atoms with van der Waals surface area (Å²) in [5, 5.41) is 4.69. The Morgan fingerprint density at radius 2 is 2.24 bits per heavy atom. The molecule has 0 spiro atoms. The molecule has 1 aromatic carbocycles. The van der Waals surface area contributed by atoms with Crippen molar-refractivity contribution < 1.29 is 4.39 Å². The minimum absolute atomic E-state index is 0.140. The van der Waals surface area contributed by atoms with E-state index in [-0.39, 0.29) is 5.95 Å². The van der Waals surface area contributed by atoms with Gasteiger partial charge in [0.05, 0.1) is 0 Å². The van der Waals surface area contributed by atoms with E-state index in [1.54, 1.807) is 0 Å². The number of fused-ring (bicyclic) bond motifs is 2. The predicted octanol–water partition coefficient (Wildman–Crippen LogP) is 2.70. The fraction of sp³-hybridized carbons (Fsp3) is 0.429. The van der Waals surface area contributed by atoms with Gasteiger partial charge in [0, 0.05) is 28.4 Å². The van der Waals surface area contributed by atoms with Crippen molar-refractivity contribution in [1.29, 1.82) is 0 Å². The first-order valence-corrected chi connectivity index (χ1v) is 6.37. The second kappa shape index (κ2) is 3.33. The summed E-state index contributed by atoms with van der Waals surface area (Å²) in [5.74, 6) is 0.424. The summed E-state index contributed by atoms with van der Waals surface area (Å²) in [4.78, 5) is 2.87. The molecule has 0 saturated carbocycles. The summed E-state index contributed by atoms with van der Waals surface area (Å²) in [6.07, 6.45) is 3.27. The fourth-order valence-corrected chi connectivity index (χ4v) is 3.57. The highest BCUT2D eigenvalue weighted by molar-refractivity contribution is 5.88. The van der Waals surface area contributed by atoms with Crippen LogP contribution in [-0.4, -0.2) is 17.6 Å². The number of nitrogens with one attached hydrogen (secondary N) is 2. The molecule has 1 fully saturated rings. The van der Waals surface area contributed by atoms with Gasteiger partial charge in [-0.1, -0.05) is 12.1 Å². The van der Waals surface area contributed by atoms with Crippen molar-refractivity contribution >= 4 is 10.9 Å². The molecule has 1 aliphatic carbocycles. The minimum atomic E-state index is -0.140. The Bertz CT molecular complexity index is 587. The maximum absolute atomic E-state index is 13.9. The Hall–Kier alpha value is -1.35. The lowest BCUT2D eigenvalue weighted by atomic mass is 9.76. The van der Waals surface area contributed by atoms with Gasteiger partial charge >= 0.3 is 0 Å². The second-order valence-electron chi connectivity index (χ2n) is 5.20. The number of aromatic amines is 1. The third kappa shape index (κ3) is 1.23. The lowest BCUT2D eigenvalue weighted by molar-refractivity contribution is 0.342. The Morgan fingerprint density at radius 3 is 3.18 bits per heavy atom. The SMILES string of the molecule is Fc1[nH]c2cccc3c2c1C[C@H]1NCCCC31. The standard InChI is InChI=1S/C14H15FN2/c15-14-10-7-12-8(4-2-6-16-12)9-3-1-5-11(17-14)13(9)10/h1,3,5,8,12,16-17H,2,4,6-7H2/t8?,12-/m1/s1. The molecule has 88 valence electrons. The fourth-order valence-electron chi connectivity index (χ4n) is 3.57. The van der Waals surface area contributed by atoms with Crippen molar-refractivity contribution in [3.63, 3.8) is 0 Å². The molecule has 17 heavy (non-hydrogen) atoms. The summed E-state index contributed by atoms with van der Waals surface area (Å²) >= 11 is 0. The van der Waals surface area contributed by atoms with E-state index in [4.69, 9.17) is 0 Å². The molecule has 1 aliphatic heterocycles. The molecule has 4 rings (SSSR count). The van der Waals surface area contributed by atoms with E-state index in [0.717, 1.165) is 29.4 Å². The highest BCUT2D eigenvalue weighted by Gasteiger charge is 2.34. The molecular formula is C14H15FN2. The van der Waals surface area contributed by atoms with Gasteiger partial charge in [0.1, 0.15) is 0 Å². The molecule has 2 N–H and O–H groups in total. The summed E-state index contributed by atoms with van der Waals surface area (Å²) in [7, 11) is 0. The molecule has 0 radical (unpaired) electrons. The van der Waals surface area contributed by atoms with E-state index in [9.17, 15) is 4.39 Å². The number of H-pyrrole nitrogens is 1. The van der Waals surface area contributed by atoms with Crippen LogP contribution in [0.15, 0.2) is 18.2 Å². The molecule has 2 atom stereocenters. The van der Waals surface area contributed by atoms with Crippen LogP contribution in [0.3, 0.4) is 0 Å². The highest BCUT2D eigenvalue weighted by atomic mass is 19.1. The average molecular weight is 230 g/mol. The molecule has 3 heteroatoms. The van der Waals surface area contributed by atoms with E-state index in [1.165, 1.54) is 18.4 Å². The average Bonchev–Trinajstić information content (AvgIpc) is 2.68. The summed E-state index contributed by atoms with van der Waals surface area (Å²) < 4.78 is 13.9. The maximum atomic E-state index is 13.9. The van der Waals surface area contributed by atoms with Crippen molar-refractivity contribution in [1.82, 2.24) is 10.3 Å². The van der Waals surface area contributed by atoms with Crippen LogP contribution in [0.5, 0.6) is 0 Å². The van der Waals surface area contributed by atoms with Gasteiger partial charge in [-0.2, -0.15) is 4.39 Å². The molecule has 1 unspecified atom stereocenters. The Balaban J connectivity index is 2.01. The van der Waals surface area contributed by atoms with Crippen molar-refractivity contribution in [3.8, 4) is 0 Å². The molecule has 0 amide bonds. The zero-order valence-electron chi connectivity index (χ0n) is 9.59. The molecule has 1 aromatic heterocycles. The van der Waals surface area contributed by atoms with E-state index < -0.39 is 0 Å². The van der Waals surface area contributed by atoms with Crippen LogP contribution >= 0.6 is 0 Å². The second-order valence-corrected chi connectivity index (χ2v) is 5.20. The molecule has 2 aromatic rings. The smallest absolute Gasteiger partial charge is 0.195 e. The van der Waals surface area contributed by atoms with Crippen LogP contribution in [0.2, 0.25) is 0 Å². The monoisotopic (exact) mass is 230 g/mol. The summed E-state index contributed by atoms with van der Waals surface area (Å²) in [5.41, 5.74) is 3.17. The van der Waals surface area contributed by atoms with Gasteiger partial charge in [-0.15, -0.1) is 0 Å². The van der Waals surface area contributed by atoms with Gasteiger partial charge < -0.3 is 10.3 Å². The minimum Gasteiger partial charge on any atom is -0.331 e. The Labute approximate surface area is 99.2 Å². The van der Waals surface area contributed by atoms with Gasteiger partial charge in [0.15, 0.2) is 5.95 Å². The molecular weight excluding hydrogens is 215 g/mol. The zero-order chi connectivity index (χ0) is 11.4. The molecule has 2 heterocycles. The van der Waals surface area contributed by atoms with Crippen molar-refractivity contribution in [2.75, 3.05) is 6.54 Å². The Kier molecular flexibility index (Phi) is 1.89. The predicted molar refractivity (Wildman–Crippen MR) is 65.7 cm³/mol. The number of hydrogen-bond acceptors (Lipinski definition) is 1. The quantitative estimate of drug-likeness (QED) is 0.715. The first-order chi connectivity index (χ1) is 8.34. The number of hydrogen-bond donors (Lipinski definition) is 2. The van der Waals surface area contributed by atoms with Crippen LogP contribution in [0.4, 0.5) is 4.39 Å². The molecule has 2 aliphatic rings. The molecule has 2 nitrogen and oxygen atoms in total. The van der Waals surface area contributed by atoms with E-state index in [1.807, 2.05) is 12.1 Å². The van der Waals surface area contributed by atoms with Crippen LogP contribution in [0, 0.1) is 5.95 Å². The van der Waals surface area contributed by atoms with Gasteiger partial charge in [0.25, 0.3) is 0 Å². The molecule has 1 saturated heterocycles. The van der Waals surface area contributed by atoms with E-state index >= 15 is 0 Å². The van der Waals surface area contributed by atoms with Crippen LogP contribution in [0.25, 0.3) is 10.9 Å². The number of piperidine rings is 1. The van der Waals surface area contributed by atoms with Gasteiger partial charge in [-0.25, -0.2) is 0 Å². The first-order valence-electron chi connectivity index (χ1n) is 6.37. The largest absolute Gasteiger partial charge is 0.331 e. The van der Waals surface area contributed by atoms with Crippen molar-refractivity contribution in [3.05, 3.63) is 35.3 Å². The van der Waals surface area contributed by atoms with Crippen LogP contribution < -0.4 is 5.32 Å². The molecule has 0 bridgehead atoms. The highest BCUT2D eigenvalue weighted by Crippen LogP contribution is 2.41. The topological polar surface area (TPSA) is 27.8 Å². The summed E-state index contributed by atoms with van der Waals surface area (Å²) in [6.45, 7) is 1.07. The number of benzene rings is 1. The Morgan fingerprint density at radius 1 is 1.29 bits per heavy atom. The third-order valence-corrected chi connectivity index (χ3v) is 4.32. The van der Waals surface area contributed by atoms with Crippen LogP contribution in [0.1, 0.15) is 29.9 Å². The summed E-state index contributed by atoms with van der Waals surface area (Å²) in [6, 6.07) is 6.60. The van der Waals surface area contributed by atoms with E-state index in [2.05, 4.69) is 16.4 Å². The van der Waals surface area contributed by atoms with Crippen LogP contribution in [-0.2, 0) is 6.42 Å².